The molecule has 0 heterocycles. The summed E-state index contributed by atoms with van der Waals surface area (Å²) in [5.74, 6) is -1.14. The van der Waals surface area contributed by atoms with Crippen LogP contribution in [0.2, 0.25) is 0 Å². The SMILES string of the molecule is NCCc1c(I)c(C(N)=O)c(I)c(C(N)=O)c1I. The Labute approximate surface area is 145 Å². The summed E-state index contributed by atoms with van der Waals surface area (Å²) in [5, 5.41) is 0. The van der Waals surface area contributed by atoms with Crippen LogP contribution in [0.3, 0.4) is 0 Å². The monoisotopic (exact) mass is 585 g/mol. The first-order valence-electron chi connectivity index (χ1n) is 4.81. The van der Waals surface area contributed by atoms with Gasteiger partial charge in [-0.1, -0.05) is 0 Å². The van der Waals surface area contributed by atoms with Gasteiger partial charge in [0.05, 0.1) is 11.1 Å². The molecule has 0 saturated carbocycles. The molecule has 8 heteroatoms. The van der Waals surface area contributed by atoms with E-state index in [1.807, 2.05) is 22.6 Å². The fourth-order valence-corrected chi connectivity index (χ4v) is 6.28. The van der Waals surface area contributed by atoms with E-state index in [4.69, 9.17) is 17.2 Å². The van der Waals surface area contributed by atoms with Crippen LogP contribution in [-0.2, 0) is 6.42 Å². The standard InChI is InChI=1S/C10H10I3N3O2/c11-6-3(1-2-14)7(12)5(10(16)18)8(13)4(6)9(15)17/h1-2,14H2,(H2,15,17)(H2,16,18). The van der Waals surface area contributed by atoms with Gasteiger partial charge in [0.1, 0.15) is 0 Å². The highest BCUT2D eigenvalue weighted by Gasteiger charge is 2.24. The number of carbonyl (C=O) groups excluding carboxylic acids is 2. The molecular weight excluding hydrogens is 575 g/mol. The summed E-state index contributed by atoms with van der Waals surface area (Å²) in [5.41, 5.74) is 17.8. The van der Waals surface area contributed by atoms with Crippen LogP contribution in [0.25, 0.3) is 0 Å². The highest BCUT2D eigenvalue weighted by Crippen LogP contribution is 2.31. The minimum absolute atomic E-state index is 0.342. The number of halogens is 3. The number of carbonyl (C=O) groups is 2. The summed E-state index contributed by atoms with van der Waals surface area (Å²) in [4.78, 5) is 23.0. The Morgan fingerprint density at radius 3 is 1.56 bits per heavy atom. The summed E-state index contributed by atoms with van der Waals surface area (Å²) < 4.78 is 1.98. The summed E-state index contributed by atoms with van der Waals surface area (Å²) in [6.45, 7) is 0.420. The van der Waals surface area contributed by atoms with Crippen molar-refractivity contribution in [3.63, 3.8) is 0 Å². The molecule has 0 saturated heterocycles. The lowest BCUT2D eigenvalue weighted by atomic mass is 10.0. The number of rotatable bonds is 4. The lowest BCUT2D eigenvalue weighted by molar-refractivity contribution is 0.0998. The number of nitrogens with two attached hydrogens (primary N) is 3. The van der Waals surface area contributed by atoms with Crippen LogP contribution in [0.1, 0.15) is 26.3 Å². The van der Waals surface area contributed by atoms with Gasteiger partial charge in [0.2, 0.25) is 0 Å². The average molecular weight is 585 g/mol. The molecule has 0 aliphatic carbocycles. The van der Waals surface area contributed by atoms with Crippen LogP contribution in [0.15, 0.2) is 0 Å². The van der Waals surface area contributed by atoms with Gasteiger partial charge in [0, 0.05) is 10.7 Å². The van der Waals surface area contributed by atoms with Crippen LogP contribution in [-0.4, -0.2) is 18.4 Å². The quantitative estimate of drug-likeness (QED) is 0.463. The van der Waals surface area contributed by atoms with E-state index >= 15 is 0 Å². The molecule has 98 valence electrons. The Morgan fingerprint density at radius 2 is 1.28 bits per heavy atom. The molecule has 0 aliphatic heterocycles. The molecule has 0 spiro atoms. The number of benzene rings is 1. The van der Waals surface area contributed by atoms with Gasteiger partial charge >= 0.3 is 0 Å². The molecule has 0 bridgehead atoms. The van der Waals surface area contributed by atoms with E-state index in [0.29, 0.717) is 27.7 Å². The van der Waals surface area contributed by atoms with E-state index in [1.54, 1.807) is 0 Å². The largest absolute Gasteiger partial charge is 0.366 e. The number of primary amides is 2. The van der Waals surface area contributed by atoms with E-state index in [2.05, 4.69) is 45.2 Å². The maximum Gasteiger partial charge on any atom is 0.250 e. The van der Waals surface area contributed by atoms with Crippen molar-refractivity contribution in [2.75, 3.05) is 6.54 Å². The molecule has 0 aromatic heterocycles. The van der Waals surface area contributed by atoms with Gasteiger partial charge in [-0.05, 0) is 86.3 Å². The molecule has 0 atom stereocenters. The maximum absolute atomic E-state index is 11.5. The predicted octanol–water partition coefficient (Wildman–Crippen LogP) is 1.20. The van der Waals surface area contributed by atoms with Crippen molar-refractivity contribution in [1.82, 2.24) is 0 Å². The molecule has 1 aromatic carbocycles. The summed E-state index contributed by atoms with van der Waals surface area (Å²) >= 11 is 6.03. The second kappa shape index (κ2) is 6.65. The minimum atomic E-state index is -0.569. The number of hydrogen-bond acceptors (Lipinski definition) is 3. The minimum Gasteiger partial charge on any atom is -0.366 e. The number of amides is 2. The first kappa shape index (κ1) is 16.4. The topological polar surface area (TPSA) is 112 Å². The van der Waals surface area contributed by atoms with E-state index in [9.17, 15) is 9.59 Å². The van der Waals surface area contributed by atoms with E-state index in [1.165, 1.54) is 0 Å². The molecule has 5 nitrogen and oxygen atoms in total. The van der Waals surface area contributed by atoms with Gasteiger partial charge in [-0.2, -0.15) is 0 Å². The zero-order valence-corrected chi connectivity index (χ0v) is 15.6. The molecule has 0 radical (unpaired) electrons. The van der Waals surface area contributed by atoms with E-state index in [0.717, 1.165) is 12.7 Å². The lowest BCUT2D eigenvalue weighted by Gasteiger charge is -2.16. The molecule has 18 heavy (non-hydrogen) atoms. The Balaban J connectivity index is 3.75. The third-order valence-electron chi connectivity index (χ3n) is 2.29. The van der Waals surface area contributed by atoms with Gasteiger partial charge in [-0.25, -0.2) is 0 Å². The van der Waals surface area contributed by atoms with Crippen molar-refractivity contribution in [1.29, 1.82) is 0 Å². The lowest BCUT2D eigenvalue weighted by Crippen LogP contribution is -2.24. The van der Waals surface area contributed by atoms with Crippen molar-refractivity contribution in [2.24, 2.45) is 17.2 Å². The van der Waals surface area contributed by atoms with E-state index in [-0.39, 0.29) is 0 Å². The number of hydrogen-bond donors (Lipinski definition) is 3. The fraction of sp³-hybridized carbons (Fsp3) is 0.200. The molecule has 0 unspecified atom stereocenters. The second-order valence-electron chi connectivity index (χ2n) is 3.44. The van der Waals surface area contributed by atoms with Gasteiger partial charge in [0.25, 0.3) is 11.8 Å². The highest BCUT2D eigenvalue weighted by atomic mass is 127. The molecule has 0 fully saturated rings. The maximum atomic E-state index is 11.5. The second-order valence-corrected chi connectivity index (χ2v) is 6.67. The molecule has 0 aliphatic rings. The van der Waals surface area contributed by atoms with Crippen LogP contribution in [0, 0.1) is 10.7 Å². The molecule has 6 N–H and O–H groups in total. The zero-order chi connectivity index (χ0) is 14.0. The summed E-state index contributed by atoms with van der Waals surface area (Å²) in [6.07, 6.45) is 0.564. The Bertz CT molecular complexity index is 491. The first-order valence-corrected chi connectivity index (χ1v) is 8.05. The zero-order valence-electron chi connectivity index (χ0n) is 9.10. The normalized spacial score (nSPS) is 10.4. The first-order chi connectivity index (χ1) is 8.32. The smallest absolute Gasteiger partial charge is 0.250 e. The van der Waals surface area contributed by atoms with Gasteiger partial charge in [-0.15, -0.1) is 0 Å². The van der Waals surface area contributed by atoms with Gasteiger partial charge in [-0.3, -0.25) is 9.59 Å². The molecular formula is C10H10I3N3O2. The van der Waals surface area contributed by atoms with Crippen molar-refractivity contribution in [3.05, 3.63) is 27.4 Å². The van der Waals surface area contributed by atoms with Crippen LogP contribution in [0.4, 0.5) is 0 Å². The Hall–Kier alpha value is 0.310. The molecule has 1 rings (SSSR count). The van der Waals surface area contributed by atoms with Crippen molar-refractivity contribution in [3.8, 4) is 0 Å². The van der Waals surface area contributed by atoms with Crippen LogP contribution in [0.5, 0.6) is 0 Å². The summed E-state index contributed by atoms with van der Waals surface area (Å²) in [7, 11) is 0. The summed E-state index contributed by atoms with van der Waals surface area (Å²) in [6, 6.07) is 0. The average Bonchev–Trinajstić information content (AvgIpc) is 2.23. The predicted molar refractivity (Wildman–Crippen MR) is 94.4 cm³/mol. The van der Waals surface area contributed by atoms with Crippen LogP contribution >= 0.6 is 67.8 Å². The van der Waals surface area contributed by atoms with Gasteiger partial charge in [0.15, 0.2) is 0 Å². The molecule has 2 amide bonds. The molecule has 1 aromatic rings. The Kier molecular flexibility index (Phi) is 6.05. The van der Waals surface area contributed by atoms with Crippen LogP contribution < -0.4 is 17.2 Å². The van der Waals surface area contributed by atoms with Crippen molar-refractivity contribution < 1.29 is 9.59 Å². The van der Waals surface area contributed by atoms with Crippen molar-refractivity contribution in [2.45, 2.75) is 6.42 Å². The Morgan fingerprint density at radius 1 is 0.889 bits per heavy atom. The fourth-order valence-electron chi connectivity index (χ4n) is 1.51. The van der Waals surface area contributed by atoms with E-state index < -0.39 is 11.8 Å². The third kappa shape index (κ3) is 3.07. The third-order valence-corrected chi connectivity index (χ3v) is 5.75. The highest BCUT2D eigenvalue weighted by molar-refractivity contribution is 14.1. The van der Waals surface area contributed by atoms with Crippen molar-refractivity contribution >= 4 is 79.6 Å². The van der Waals surface area contributed by atoms with Gasteiger partial charge < -0.3 is 17.2 Å².